The predicted octanol–water partition coefficient (Wildman–Crippen LogP) is 7.80. The van der Waals surface area contributed by atoms with E-state index >= 15 is 0 Å². The summed E-state index contributed by atoms with van der Waals surface area (Å²) in [6.45, 7) is 1.94. The Hall–Kier alpha value is -4.25. The van der Waals surface area contributed by atoms with Crippen molar-refractivity contribution >= 4 is 27.3 Å². The highest BCUT2D eigenvalue weighted by Crippen LogP contribution is 2.41. The van der Waals surface area contributed by atoms with Gasteiger partial charge in [0.15, 0.2) is 9.84 Å². The van der Waals surface area contributed by atoms with Crippen molar-refractivity contribution < 1.29 is 21.6 Å². The molecular formula is C35H30ClF3N4O2S. The minimum atomic E-state index is -4.81. The van der Waals surface area contributed by atoms with Crippen LogP contribution in [0.25, 0.3) is 22.4 Å². The monoisotopic (exact) mass is 662 g/mol. The Morgan fingerprint density at radius 2 is 1.28 bits per heavy atom. The molecule has 5 aromatic rings. The smallest absolute Gasteiger partial charge is 0.353 e. The molecule has 46 heavy (non-hydrogen) atoms. The molecule has 1 aromatic heterocycles. The van der Waals surface area contributed by atoms with Gasteiger partial charge in [-0.15, -0.1) is 0 Å². The maximum Gasteiger partial charge on any atom is 0.451 e. The summed E-state index contributed by atoms with van der Waals surface area (Å²) in [6, 6.07) is 32.5. The van der Waals surface area contributed by atoms with Crippen molar-refractivity contribution in [3.63, 3.8) is 0 Å². The van der Waals surface area contributed by atoms with Gasteiger partial charge in [0.2, 0.25) is 5.82 Å². The van der Waals surface area contributed by atoms with Crippen molar-refractivity contribution in [3.8, 4) is 22.4 Å². The second-order valence-electron chi connectivity index (χ2n) is 11.1. The van der Waals surface area contributed by atoms with Crippen LogP contribution in [0.3, 0.4) is 0 Å². The number of nitrogens with zero attached hydrogens (tertiary/aromatic N) is 4. The standard InChI is InChI=1S/C35H30ClF3N4O2S/c1-46(44,45)29-18-14-25(15-19-29)31-30(24-8-4-2-5-9-24)33(41-34(40-31)35(37,38)39)43-22-20-42(21-23-43)32(26-10-6-3-7-11-26)27-12-16-28(36)17-13-27/h2-19,32H,20-23H2,1H3. The van der Waals surface area contributed by atoms with Crippen molar-refractivity contribution in [2.45, 2.75) is 17.1 Å². The van der Waals surface area contributed by atoms with Gasteiger partial charge in [0.05, 0.1) is 22.2 Å². The lowest BCUT2D eigenvalue weighted by atomic mass is 9.96. The van der Waals surface area contributed by atoms with Gasteiger partial charge in [-0.05, 0) is 41.0 Å². The largest absolute Gasteiger partial charge is 0.451 e. The Balaban J connectivity index is 1.42. The molecule has 0 saturated carbocycles. The highest BCUT2D eigenvalue weighted by Gasteiger charge is 2.38. The van der Waals surface area contributed by atoms with Crippen LogP contribution in [0.5, 0.6) is 0 Å². The van der Waals surface area contributed by atoms with Crippen molar-refractivity contribution in [2.24, 2.45) is 0 Å². The number of rotatable bonds is 7. The highest BCUT2D eigenvalue weighted by molar-refractivity contribution is 7.90. The molecule has 2 heterocycles. The lowest BCUT2D eigenvalue weighted by Gasteiger charge is -2.41. The zero-order chi connectivity index (χ0) is 32.5. The molecule has 0 spiro atoms. The topological polar surface area (TPSA) is 66.4 Å². The van der Waals surface area contributed by atoms with E-state index < -0.39 is 21.8 Å². The maximum atomic E-state index is 14.3. The summed E-state index contributed by atoms with van der Waals surface area (Å²) < 4.78 is 67.1. The first-order chi connectivity index (χ1) is 22.0. The zero-order valence-electron chi connectivity index (χ0n) is 24.8. The van der Waals surface area contributed by atoms with E-state index in [2.05, 4.69) is 27.0 Å². The van der Waals surface area contributed by atoms with Gasteiger partial charge in [0.25, 0.3) is 0 Å². The molecule has 4 aromatic carbocycles. The third kappa shape index (κ3) is 6.79. The molecule has 1 aliphatic heterocycles. The summed E-state index contributed by atoms with van der Waals surface area (Å²) in [6.07, 6.45) is -3.73. The number of anilines is 1. The van der Waals surface area contributed by atoms with Crippen LogP contribution in [0.2, 0.25) is 5.02 Å². The lowest BCUT2D eigenvalue weighted by Crippen LogP contribution is -2.48. The fourth-order valence-electron chi connectivity index (χ4n) is 5.83. The van der Waals surface area contributed by atoms with Crippen LogP contribution in [0.1, 0.15) is 23.0 Å². The number of sulfone groups is 1. The number of aromatic nitrogens is 2. The molecule has 0 aliphatic carbocycles. The van der Waals surface area contributed by atoms with Gasteiger partial charge in [-0.2, -0.15) is 13.2 Å². The van der Waals surface area contributed by atoms with Crippen LogP contribution in [0, 0.1) is 0 Å². The third-order valence-corrected chi connectivity index (χ3v) is 9.42. The van der Waals surface area contributed by atoms with Crippen LogP contribution in [-0.2, 0) is 16.0 Å². The van der Waals surface area contributed by atoms with E-state index in [-0.39, 0.29) is 22.4 Å². The van der Waals surface area contributed by atoms with Crippen molar-refractivity contribution in [2.75, 3.05) is 37.3 Å². The average molecular weight is 663 g/mol. The number of hydrogen-bond acceptors (Lipinski definition) is 6. The van der Waals surface area contributed by atoms with Crippen LogP contribution in [-0.4, -0.2) is 55.7 Å². The molecule has 1 saturated heterocycles. The first-order valence-electron chi connectivity index (χ1n) is 14.6. The van der Waals surface area contributed by atoms with E-state index in [1.54, 1.807) is 0 Å². The molecule has 0 bridgehead atoms. The molecule has 0 amide bonds. The predicted molar refractivity (Wildman–Crippen MR) is 175 cm³/mol. The highest BCUT2D eigenvalue weighted by atomic mass is 35.5. The molecule has 1 atom stereocenters. The van der Waals surface area contributed by atoms with Crippen molar-refractivity contribution in [1.29, 1.82) is 0 Å². The zero-order valence-corrected chi connectivity index (χ0v) is 26.4. The van der Waals surface area contributed by atoms with Gasteiger partial charge < -0.3 is 4.90 Å². The SMILES string of the molecule is CS(=O)(=O)c1ccc(-c2nc(C(F)(F)F)nc(N3CCN(C(c4ccccc4)c4ccc(Cl)cc4)CC3)c2-c2ccccc2)cc1. The second kappa shape index (κ2) is 12.9. The second-order valence-corrected chi connectivity index (χ2v) is 13.6. The van der Waals surface area contributed by atoms with E-state index in [4.69, 9.17) is 11.6 Å². The van der Waals surface area contributed by atoms with Gasteiger partial charge in [-0.25, -0.2) is 18.4 Å². The van der Waals surface area contributed by atoms with E-state index in [9.17, 15) is 21.6 Å². The van der Waals surface area contributed by atoms with E-state index in [1.807, 2.05) is 77.7 Å². The van der Waals surface area contributed by atoms with E-state index in [0.717, 1.165) is 17.4 Å². The van der Waals surface area contributed by atoms with E-state index in [1.165, 1.54) is 24.3 Å². The summed E-state index contributed by atoms with van der Waals surface area (Å²) in [4.78, 5) is 12.4. The van der Waals surface area contributed by atoms with Crippen molar-refractivity contribution in [1.82, 2.24) is 14.9 Å². The fourth-order valence-corrected chi connectivity index (χ4v) is 6.59. The van der Waals surface area contributed by atoms with Gasteiger partial charge in [0.1, 0.15) is 5.82 Å². The number of piperazine rings is 1. The molecule has 1 aliphatic rings. The third-order valence-electron chi connectivity index (χ3n) is 8.04. The fraction of sp³-hybridized carbons (Fsp3) is 0.200. The number of benzene rings is 4. The number of halogens is 4. The Morgan fingerprint density at radius 1 is 0.717 bits per heavy atom. The quantitative estimate of drug-likeness (QED) is 0.177. The van der Waals surface area contributed by atoms with Gasteiger partial charge in [0, 0.05) is 43.0 Å². The minimum Gasteiger partial charge on any atom is -0.353 e. The van der Waals surface area contributed by atoms with Crippen LogP contribution >= 0.6 is 11.6 Å². The molecule has 11 heteroatoms. The first kappa shape index (κ1) is 31.7. The molecule has 6 rings (SSSR count). The summed E-state index contributed by atoms with van der Waals surface area (Å²) >= 11 is 6.19. The van der Waals surface area contributed by atoms with Gasteiger partial charge in [-0.1, -0.05) is 96.5 Å². The van der Waals surface area contributed by atoms with Crippen molar-refractivity contribution in [3.05, 3.63) is 131 Å². The minimum absolute atomic E-state index is 0.0626. The Kier molecular flexibility index (Phi) is 8.87. The average Bonchev–Trinajstić information content (AvgIpc) is 3.06. The summed E-state index contributed by atoms with van der Waals surface area (Å²) in [5, 5.41) is 0.639. The molecular weight excluding hydrogens is 633 g/mol. The van der Waals surface area contributed by atoms with Crippen LogP contribution in [0.15, 0.2) is 114 Å². The first-order valence-corrected chi connectivity index (χ1v) is 16.9. The van der Waals surface area contributed by atoms with E-state index in [0.29, 0.717) is 47.9 Å². The molecule has 1 fully saturated rings. The normalized spacial score (nSPS) is 15.1. The summed E-state index contributed by atoms with van der Waals surface area (Å²) in [5.74, 6) is -1.08. The Morgan fingerprint density at radius 3 is 1.85 bits per heavy atom. The summed E-state index contributed by atoms with van der Waals surface area (Å²) in [7, 11) is -3.51. The lowest BCUT2D eigenvalue weighted by molar-refractivity contribution is -0.144. The molecule has 1 unspecified atom stereocenters. The Labute approximate surface area is 271 Å². The number of hydrogen-bond donors (Lipinski definition) is 0. The van der Waals surface area contributed by atoms with Crippen LogP contribution < -0.4 is 4.90 Å². The van der Waals surface area contributed by atoms with Gasteiger partial charge >= 0.3 is 6.18 Å². The van der Waals surface area contributed by atoms with Crippen LogP contribution in [0.4, 0.5) is 19.0 Å². The summed E-state index contributed by atoms with van der Waals surface area (Å²) in [5.41, 5.74) is 3.70. The molecule has 0 N–H and O–H groups in total. The molecule has 6 nitrogen and oxygen atoms in total. The van der Waals surface area contributed by atoms with Gasteiger partial charge in [-0.3, -0.25) is 4.90 Å². The maximum absolute atomic E-state index is 14.3. The number of alkyl halides is 3. The molecule has 0 radical (unpaired) electrons. The molecule has 236 valence electrons. The Bertz CT molecular complexity index is 1920.